The maximum Gasteiger partial charge on any atom is 0.225 e. The molecule has 0 atom stereocenters. The molecular weight excluding hydrogens is 300 g/mol. The zero-order valence-corrected chi connectivity index (χ0v) is 14.6. The Balaban J connectivity index is 1.45. The molecule has 0 radical (unpaired) electrons. The lowest BCUT2D eigenvalue weighted by Gasteiger charge is -2.37. The third kappa shape index (κ3) is 4.16. The normalized spacial score (nSPS) is 20.2. The third-order valence-electron chi connectivity index (χ3n) is 5.58. The summed E-state index contributed by atoms with van der Waals surface area (Å²) in [6.45, 7) is 4.86. The summed E-state index contributed by atoms with van der Waals surface area (Å²) < 4.78 is 0. The molecule has 0 saturated carbocycles. The summed E-state index contributed by atoms with van der Waals surface area (Å²) in [6, 6.07) is 10.6. The smallest absolute Gasteiger partial charge is 0.225 e. The molecule has 0 spiro atoms. The van der Waals surface area contributed by atoms with Gasteiger partial charge in [-0.2, -0.15) is 0 Å². The number of rotatable bonds is 3. The lowest BCUT2D eigenvalue weighted by molar-refractivity contribution is -0.141. The van der Waals surface area contributed by atoms with Crippen molar-refractivity contribution in [3.8, 4) is 0 Å². The first-order chi connectivity index (χ1) is 11.6. The Labute approximate surface area is 144 Å². The second kappa shape index (κ2) is 7.82. The molecule has 1 aromatic carbocycles. The Morgan fingerprint density at radius 1 is 0.917 bits per heavy atom. The van der Waals surface area contributed by atoms with E-state index >= 15 is 0 Å². The molecule has 2 heterocycles. The summed E-state index contributed by atoms with van der Waals surface area (Å²) in [5.74, 6) is 1.25. The number of benzene rings is 1. The van der Waals surface area contributed by atoms with Gasteiger partial charge in [0.05, 0.1) is 0 Å². The number of amides is 2. The van der Waals surface area contributed by atoms with Crippen LogP contribution in [-0.2, 0) is 16.0 Å². The number of carbonyl (C=O) groups excluding carboxylic acids is 2. The van der Waals surface area contributed by atoms with E-state index in [1.807, 2.05) is 4.90 Å². The molecule has 4 heteroatoms. The minimum absolute atomic E-state index is 0.117. The largest absolute Gasteiger partial charge is 0.343 e. The maximum absolute atomic E-state index is 12.7. The summed E-state index contributed by atoms with van der Waals surface area (Å²) in [6.07, 6.45) is 4.98. The van der Waals surface area contributed by atoms with Gasteiger partial charge in [-0.3, -0.25) is 9.59 Å². The van der Waals surface area contributed by atoms with Crippen molar-refractivity contribution in [2.75, 3.05) is 26.2 Å². The van der Waals surface area contributed by atoms with Crippen molar-refractivity contribution in [2.24, 2.45) is 11.8 Å². The fraction of sp³-hybridized carbons (Fsp3) is 0.600. The minimum atomic E-state index is 0.117. The van der Waals surface area contributed by atoms with Crippen LogP contribution in [0.15, 0.2) is 30.3 Å². The zero-order chi connectivity index (χ0) is 16.9. The molecule has 0 bridgehead atoms. The molecule has 130 valence electrons. The number of hydrogen-bond acceptors (Lipinski definition) is 2. The molecule has 2 amide bonds. The van der Waals surface area contributed by atoms with Crippen LogP contribution in [0.1, 0.15) is 38.2 Å². The second-order valence-electron chi connectivity index (χ2n) is 7.24. The molecule has 2 saturated heterocycles. The van der Waals surface area contributed by atoms with E-state index in [0.717, 1.165) is 58.3 Å². The molecule has 0 N–H and O–H groups in total. The number of hydrogen-bond donors (Lipinski definition) is 0. The highest BCUT2D eigenvalue weighted by Crippen LogP contribution is 2.25. The first-order valence-electron chi connectivity index (χ1n) is 9.21. The number of likely N-dealkylation sites (tertiary alicyclic amines) is 2. The third-order valence-corrected chi connectivity index (χ3v) is 5.58. The van der Waals surface area contributed by atoms with Crippen LogP contribution in [0.3, 0.4) is 0 Å². The average molecular weight is 328 g/mol. The van der Waals surface area contributed by atoms with Gasteiger partial charge in [0, 0.05) is 39.0 Å². The Morgan fingerprint density at radius 2 is 1.50 bits per heavy atom. The molecule has 0 aromatic heterocycles. The molecule has 1 aromatic rings. The van der Waals surface area contributed by atoms with E-state index in [2.05, 4.69) is 35.2 Å². The maximum atomic E-state index is 12.7. The zero-order valence-electron chi connectivity index (χ0n) is 14.6. The molecule has 2 aliphatic rings. The van der Waals surface area contributed by atoms with Crippen molar-refractivity contribution < 1.29 is 9.59 Å². The Hall–Kier alpha value is -1.84. The van der Waals surface area contributed by atoms with Crippen molar-refractivity contribution in [1.29, 1.82) is 0 Å². The lowest BCUT2D eigenvalue weighted by atomic mass is 9.88. The predicted molar refractivity (Wildman–Crippen MR) is 94.4 cm³/mol. The van der Waals surface area contributed by atoms with E-state index < -0.39 is 0 Å². The molecule has 0 aliphatic carbocycles. The summed E-state index contributed by atoms with van der Waals surface area (Å²) >= 11 is 0. The van der Waals surface area contributed by atoms with Gasteiger partial charge in [-0.15, -0.1) is 0 Å². The van der Waals surface area contributed by atoms with Gasteiger partial charge in [0.1, 0.15) is 0 Å². The summed E-state index contributed by atoms with van der Waals surface area (Å²) in [5.41, 5.74) is 1.40. The van der Waals surface area contributed by atoms with Crippen LogP contribution in [0, 0.1) is 11.8 Å². The highest BCUT2D eigenvalue weighted by Gasteiger charge is 2.31. The first kappa shape index (κ1) is 17.0. The van der Waals surface area contributed by atoms with Gasteiger partial charge in [0.15, 0.2) is 0 Å². The Morgan fingerprint density at radius 3 is 2.08 bits per heavy atom. The second-order valence-corrected chi connectivity index (χ2v) is 7.24. The monoisotopic (exact) mass is 328 g/mol. The molecule has 2 fully saturated rings. The minimum Gasteiger partial charge on any atom is -0.343 e. The molecule has 4 nitrogen and oxygen atoms in total. The molecular formula is C20H28N2O2. The number of nitrogens with zero attached hydrogens (tertiary/aromatic N) is 2. The Bertz CT molecular complexity index is 556. The highest BCUT2D eigenvalue weighted by molar-refractivity contribution is 5.79. The van der Waals surface area contributed by atoms with Gasteiger partial charge in [-0.05, 0) is 43.6 Å². The topological polar surface area (TPSA) is 40.6 Å². The van der Waals surface area contributed by atoms with Crippen LogP contribution in [0.2, 0.25) is 0 Å². The SMILES string of the molecule is CC(=O)N1CCC(C(=O)N2CCC(Cc3ccccc3)CC2)CC1. The van der Waals surface area contributed by atoms with E-state index in [1.54, 1.807) is 6.92 Å². The van der Waals surface area contributed by atoms with Crippen LogP contribution >= 0.6 is 0 Å². The van der Waals surface area contributed by atoms with Crippen molar-refractivity contribution in [1.82, 2.24) is 9.80 Å². The van der Waals surface area contributed by atoms with Crippen LogP contribution in [-0.4, -0.2) is 47.8 Å². The molecule has 0 unspecified atom stereocenters. The van der Waals surface area contributed by atoms with Crippen LogP contribution in [0.4, 0.5) is 0 Å². The van der Waals surface area contributed by atoms with Crippen LogP contribution in [0.5, 0.6) is 0 Å². The van der Waals surface area contributed by atoms with E-state index in [-0.39, 0.29) is 11.8 Å². The quantitative estimate of drug-likeness (QED) is 0.856. The average Bonchev–Trinajstić information content (AvgIpc) is 2.63. The standard InChI is InChI=1S/C20H28N2O2/c1-16(23)21-13-9-19(10-14-21)20(24)22-11-7-18(8-12-22)15-17-5-3-2-4-6-17/h2-6,18-19H,7-15H2,1H3. The summed E-state index contributed by atoms with van der Waals surface area (Å²) in [5, 5.41) is 0. The van der Waals surface area contributed by atoms with Gasteiger partial charge in [0.25, 0.3) is 0 Å². The van der Waals surface area contributed by atoms with Crippen molar-refractivity contribution >= 4 is 11.8 Å². The fourth-order valence-corrected chi connectivity index (χ4v) is 4.00. The summed E-state index contributed by atoms with van der Waals surface area (Å²) in [4.78, 5) is 28.0. The van der Waals surface area contributed by atoms with Crippen molar-refractivity contribution in [3.05, 3.63) is 35.9 Å². The first-order valence-corrected chi connectivity index (χ1v) is 9.21. The van der Waals surface area contributed by atoms with Gasteiger partial charge in [-0.1, -0.05) is 30.3 Å². The number of piperidine rings is 2. The number of carbonyl (C=O) groups is 2. The van der Waals surface area contributed by atoms with E-state index in [0.29, 0.717) is 11.8 Å². The molecule has 3 rings (SSSR count). The lowest BCUT2D eigenvalue weighted by Crippen LogP contribution is -2.46. The van der Waals surface area contributed by atoms with Gasteiger partial charge >= 0.3 is 0 Å². The van der Waals surface area contributed by atoms with Crippen LogP contribution in [0.25, 0.3) is 0 Å². The molecule has 2 aliphatic heterocycles. The van der Waals surface area contributed by atoms with Crippen molar-refractivity contribution in [3.63, 3.8) is 0 Å². The van der Waals surface area contributed by atoms with Gasteiger partial charge in [0.2, 0.25) is 11.8 Å². The van der Waals surface area contributed by atoms with Gasteiger partial charge in [-0.25, -0.2) is 0 Å². The van der Waals surface area contributed by atoms with Gasteiger partial charge < -0.3 is 9.80 Å². The summed E-state index contributed by atoms with van der Waals surface area (Å²) in [7, 11) is 0. The molecule has 24 heavy (non-hydrogen) atoms. The fourth-order valence-electron chi connectivity index (χ4n) is 4.00. The van der Waals surface area contributed by atoms with E-state index in [4.69, 9.17) is 0 Å². The van der Waals surface area contributed by atoms with Crippen LogP contribution < -0.4 is 0 Å². The predicted octanol–water partition coefficient (Wildman–Crippen LogP) is 2.73. The van der Waals surface area contributed by atoms with E-state index in [1.165, 1.54) is 5.56 Å². The highest BCUT2D eigenvalue weighted by atomic mass is 16.2. The Kier molecular flexibility index (Phi) is 5.54. The van der Waals surface area contributed by atoms with Crippen molar-refractivity contribution in [2.45, 2.75) is 39.0 Å². The van der Waals surface area contributed by atoms with E-state index in [9.17, 15) is 9.59 Å².